The number of fused-ring (bicyclic) bond motifs is 1. The highest BCUT2D eigenvalue weighted by Crippen LogP contribution is 2.23. The fourth-order valence-electron chi connectivity index (χ4n) is 3.57. The summed E-state index contributed by atoms with van der Waals surface area (Å²) in [7, 11) is 1.73. The quantitative estimate of drug-likeness (QED) is 0.623. The second-order valence-corrected chi connectivity index (χ2v) is 8.58. The molecule has 0 atom stereocenters. The fraction of sp³-hybridized carbons (Fsp3) is 0.364. The van der Waals surface area contributed by atoms with E-state index >= 15 is 0 Å². The minimum absolute atomic E-state index is 0.0212. The van der Waals surface area contributed by atoms with E-state index in [1.54, 1.807) is 41.5 Å². The predicted octanol–water partition coefficient (Wildman–Crippen LogP) is 3.21. The van der Waals surface area contributed by atoms with Crippen molar-refractivity contribution in [3.05, 3.63) is 64.9 Å². The Labute approximate surface area is 174 Å². The number of amides is 1. The van der Waals surface area contributed by atoms with Gasteiger partial charge in [0.25, 0.3) is 0 Å². The first-order valence-electron chi connectivity index (χ1n) is 9.85. The minimum atomic E-state index is -0.268. The van der Waals surface area contributed by atoms with E-state index in [9.17, 15) is 9.18 Å². The van der Waals surface area contributed by atoms with E-state index in [0.717, 1.165) is 43.2 Å². The maximum atomic E-state index is 13.8. The number of halogens is 1. The molecule has 2 heterocycles. The SMILES string of the molecule is CN(Cc1ccccc1F)C(=O)CN1CCN(Cc2nc3ccccc3s2)CC1. The average molecular weight is 413 g/mol. The number of thiazole rings is 1. The van der Waals surface area contributed by atoms with Crippen molar-refractivity contribution in [3.63, 3.8) is 0 Å². The standard InChI is InChI=1S/C22H25FN4OS/c1-25(14-17-6-2-3-7-18(17)23)22(28)16-27-12-10-26(11-13-27)15-21-24-19-8-4-5-9-20(19)29-21/h2-9H,10-16H2,1H3. The van der Waals surface area contributed by atoms with Gasteiger partial charge in [-0.3, -0.25) is 14.6 Å². The number of aromatic nitrogens is 1. The molecule has 0 bridgehead atoms. The lowest BCUT2D eigenvalue weighted by atomic mass is 10.2. The average Bonchev–Trinajstić information content (AvgIpc) is 3.13. The van der Waals surface area contributed by atoms with Crippen LogP contribution in [0.1, 0.15) is 10.6 Å². The zero-order valence-corrected chi connectivity index (χ0v) is 17.4. The molecule has 0 radical (unpaired) electrons. The number of likely N-dealkylation sites (N-methyl/N-ethyl adjacent to an activating group) is 1. The number of piperazine rings is 1. The number of carbonyl (C=O) groups is 1. The number of para-hydroxylation sites is 1. The van der Waals surface area contributed by atoms with Gasteiger partial charge in [-0.25, -0.2) is 9.37 Å². The lowest BCUT2D eigenvalue weighted by Gasteiger charge is -2.34. The molecule has 1 aliphatic rings. The molecule has 0 N–H and O–H groups in total. The summed E-state index contributed by atoms with van der Waals surface area (Å²) in [4.78, 5) is 23.4. The lowest BCUT2D eigenvalue weighted by molar-refractivity contribution is -0.132. The number of hydrogen-bond acceptors (Lipinski definition) is 5. The van der Waals surface area contributed by atoms with Crippen LogP contribution in [-0.2, 0) is 17.9 Å². The van der Waals surface area contributed by atoms with Crippen LogP contribution in [0.3, 0.4) is 0 Å². The third kappa shape index (κ3) is 4.98. The van der Waals surface area contributed by atoms with E-state index < -0.39 is 0 Å². The number of nitrogens with zero attached hydrogens (tertiary/aromatic N) is 4. The van der Waals surface area contributed by atoms with Crippen molar-refractivity contribution in [1.29, 1.82) is 0 Å². The topological polar surface area (TPSA) is 39.7 Å². The van der Waals surface area contributed by atoms with Crippen molar-refractivity contribution in [2.24, 2.45) is 0 Å². The van der Waals surface area contributed by atoms with E-state index in [1.807, 2.05) is 12.1 Å². The second kappa shape index (κ2) is 8.98. The zero-order chi connectivity index (χ0) is 20.2. The Bertz CT molecular complexity index is 951. The summed E-state index contributed by atoms with van der Waals surface area (Å²) in [6.07, 6.45) is 0. The summed E-state index contributed by atoms with van der Waals surface area (Å²) in [6, 6.07) is 14.8. The van der Waals surface area contributed by atoms with E-state index in [0.29, 0.717) is 18.7 Å². The van der Waals surface area contributed by atoms with Gasteiger partial charge in [0.2, 0.25) is 5.91 Å². The molecule has 29 heavy (non-hydrogen) atoms. The van der Waals surface area contributed by atoms with Crippen molar-refractivity contribution in [1.82, 2.24) is 19.7 Å². The number of hydrogen-bond donors (Lipinski definition) is 0. The molecule has 0 aliphatic carbocycles. The zero-order valence-electron chi connectivity index (χ0n) is 16.6. The molecule has 0 unspecified atom stereocenters. The molecule has 0 saturated carbocycles. The molecule has 1 aromatic heterocycles. The van der Waals surface area contributed by atoms with E-state index in [1.165, 1.54) is 10.8 Å². The number of rotatable bonds is 6. The highest BCUT2D eigenvalue weighted by Gasteiger charge is 2.21. The molecule has 0 spiro atoms. The molecule has 5 nitrogen and oxygen atoms in total. The molecule has 4 rings (SSSR count). The Morgan fingerprint density at radius 1 is 1.07 bits per heavy atom. The van der Waals surface area contributed by atoms with Crippen LogP contribution < -0.4 is 0 Å². The molecule has 7 heteroatoms. The second-order valence-electron chi connectivity index (χ2n) is 7.47. The van der Waals surface area contributed by atoms with Crippen LogP contribution in [0, 0.1) is 5.82 Å². The molecular weight excluding hydrogens is 387 g/mol. The fourth-order valence-corrected chi connectivity index (χ4v) is 4.58. The Morgan fingerprint density at radius 2 is 1.76 bits per heavy atom. The molecular formula is C22H25FN4OS. The van der Waals surface area contributed by atoms with Crippen molar-refractivity contribution >= 4 is 27.5 Å². The maximum Gasteiger partial charge on any atom is 0.236 e. The Morgan fingerprint density at radius 3 is 2.52 bits per heavy atom. The number of benzene rings is 2. The first-order chi connectivity index (χ1) is 14.1. The van der Waals surface area contributed by atoms with Gasteiger partial charge in [0.1, 0.15) is 10.8 Å². The van der Waals surface area contributed by atoms with Crippen LogP contribution in [0.15, 0.2) is 48.5 Å². The molecule has 1 saturated heterocycles. The largest absolute Gasteiger partial charge is 0.340 e. The van der Waals surface area contributed by atoms with Crippen molar-refractivity contribution < 1.29 is 9.18 Å². The van der Waals surface area contributed by atoms with Gasteiger partial charge in [-0.05, 0) is 18.2 Å². The van der Waals surface area contributed by atoms with Crippen molar-refractivity contribution in [2.45, 2.75) is 13.1 Å². The van der Waals surface area contributed by atoms with Gasteiger partial charge >= 0.3 is 0 Å². The van der Waals surface area contributed by atoms with Gasteiger partial charge in [-0.2, -0.15) is 0 Å². The first kappa shape index (κ1) is 19.9. The molecule has 1 amide bonds. The van der Waals surface area contributed by atoms with Gasteiger partial charge in [-0.1, -0.05) is 30.3 Å². The summed E-state index contributed by atoms with van der Waals surface area (Å²) >= 11 is 1.75. The van der Waals surface area contributed by atoms with Crippen LogP contribution in [0.4, 0.5) is 4.39 Å². The summed E-state index contributed by atoms with van der Waals surface area (Å²) in [5.74, 6) is -0.247. The smallest absolute Gasteiger partial charge is 0.236 e. The predicted molar refractivity (Wildman–Crippen MR) is 114 cm³/mol. The Kier molecular flexibility index (Phi) is 6.18. The van der Waals surface area contributed by atoms with Crippen LogP contribution in [0.2, 0.25) is 0 Å². The van der Waals surface area contributed by atoms with Crippen molar-refractivity contribution in [2.75, 3.05) is 39.8 Å². The van der Waals surface area contributed by atoms with E-state index in [-0.39, 0.29) is 11.7 Å². The third-order valence-electron chi connectivity index (χ3n) is 5.31. The monoisotopic (exact) mass is 412 g/mol. The van der Waals surface area contributed by atoms with Crippen LogP contribution in [-0.4, -0.2) is 65.4 Å². The summed E-state index contributed by atoms with van der Waals surface area (Å²) in [5.41, 5.74) is 1.61. The minimum Gasteiger partial charge on any atom is -0.340 e. The van der Waals surface area contributed by atoms with Crippen molar-refractivity contribution in [3.8, 4) is 0 Å². The van der Waals surface area contributed by atoms with Gasteiger partial charge in [-0.15, -0.1) is 11.3 Å². The van der Waals surface area contributed by atoms with Gasteiger partial charge < -0.3 is 4.90 Å². The highest BCUT2D eigenvalue weighted by molar-refractivity contribution is 7.18. The molecule has 2 aromatic carbocycles. The van der Waals surface area contributed by atoms with Gasteiger partial charge in [0.15, 0.2) is 0 Å². The summed E-state index contributed by atoms with van der Waals surface area (Å²) in [5, 5.41) is 1.14. The normalized spacial score (nSPS) is 15.7. The van der Waals surface area contributed by atoms with Gasteiger partial charge in [0, 0.05) is 45.3 Å². The first-order valence-corrected chi connectivity index (χ1v) is 10.7. The van der Waals surface area contributed by atoms with Crippen LogP contribution in [0.5, 0.6) is 0 Å². The van der Waals surface area contributed by atoms with Crippen LogP contribution in [0.25, 0.3) is 10.2 Å². The highest BCUT2D eigenvalue weighted by atomic mass is 32.1. The molecule has 1 fully saturated rings. The molecule has 1 aliphatic heterocycles. The maximum absolute atomic E-state index is 13.8. The summed E-state index contributed by atoms with van der Waals surface area (Å²) < 4.78 is 15.0. The van der Waals surface area contributed by atoms with Gasteiger partial charge in [0.05, 0.1) is 23.3 Å². The van der Waals surface area contributed by atoms with E-state index in [2.05, 4.69) is 21.9 Å². The van der Waals surface area contributed by atoms with E-state index in [4.69, 9.17) is 4.98 Å². The Balaban J connectivity index is 1.25. The molecule has 3 aromatic rings. The lowest BCUT2D eigenvalue weighted by Crippen LogP contribution is -2.49. The number of carbonyl (C=O) groups excluding carboxylic acids is 1. The molecule has 152 valence electrons. The Hall–Kier alpha value is -2.35. The van der Waals surface area contributed by atoms with Crippen LogP contribution >= 0.6 is 11.3 Å². The third-order valence-corrected chi connectivity index (χ3v) is 6.33. The summed E-state index contributed by atoms with van der Waals surface area (Å²) in [6.45, 7) is 5.06.